The maximum Gasteiger partial charge on any atom is 0.247 e. The van der Waals surface area contributed by atoms with Crippen molar-refractivity contribution in [1.82, 2.24) is 34.8 Å². The van der Waals surface area contributed by atoms with Gasteiger partial charge >= 0.3 is 0 Å². The van der Waals surface area contributed by atoms with E-state index in [0.717, 1.165) is 30.7 Å². The van der Waals surface area contributed by atoms with E-state index in [9.17, 15) is 4.79 Å². The zero-order valence-corrected chi connectivity index (χ0v) is 16.1. The average Bonchev–Trinajstić information content (AvgIpc) is 3.26. The first-order valence-corrected chi connectivity index (χ1v) is 9.55. The van der Waals surface area contributed by atoms with E-state index in [-0.39, 0.29) is 11.9 Å². The number of hydrogen-bond donors (Lipinski definition) is 2. The summed E-state index contributed by atoms with van der Waals surface area (Å²) in [7, 11) is 0. The number of rotatable bonds is 5. The minimum absolute atomic E-state index is 0.0576. The Morgan fingerprint density at radius 3 is 2.93 bits per heavy atom. The second-order valence-electron chi connectivity index (χ2n) is 6.85. The van der Waals surface area contributed by atoms with Crippen LogP contribution < -0.4 is 5.32 Å². The lowest BCUT2D eigenvalue weighted by atomic mass is 10.0. The molecule has 1 atom stereocenters. The summed E-state index contributed by atoms with van der Waals surface area (Å²) >= 11 is 0. The molecule has 29 heavy (non-hydrogen) atoms. The molecule has 0 saturated carbocycles. The number of amides is 1. The van der Waals surface area contributed by atoms with Crippen molar-refractivity contribution in [2.45, 2.75) is 32.2 Å². The van der Waals surface area contributed by atoms with Crippen molar-refractivity contribution in [2.75, 3.05) is 11.9 Å². The highest BCUT2D eigenvalue weighted by Gasteiger charge is 2.29. The molecule has 1 aliphatic heterocycles. The van der Waals surface area contributed by atoms with Crippen LogP contribution in [0.15, 0.2) is 43.3 Å². The maximum atomic E-state index is 12.9. The number of nitrogens with zero attached hydrogens (tertiary/aromatic N) is 6. The number of anilines is 2. The number of piperidine rings is 1. The van der Waals surface area contributed by atoms with Gasteiger partial charge in [-0.2, -0.15) is 0 Å². The third kappa shape index (κ3) is 4.63. The highest BCUT2D eigenvalue weighted by molar-refractivity contribution is 5.91. The Morgan fingerprint density at radius 2 is 2.14 bits per heavy atom. The molecule has 9 nitrogen and oxygen atoms in total. The lowest BCUT2D eigenvalue weighted by Crippen LogP contribution is -2.38. The number of hydrogen-bond acceptors (Lipinski definition) is 7. The molecule has 148 valence electrons. The maximum absolute atomic E-state index is 12.9. The minimum Gasteiger partial charge on any atom is -0.345 e. The zero-order valence-electron chi connectivity index (χ0n) is 16.1. The molecule has 3 aromatic rings. The highest BCUT2D eigenvalue weighted by Crippen LogP contribution is 2.30. The smallest absolute Gasteiger partial charge is 0.247 e. The molecule has 1 fully saturated rings. The van der Waals surface area contributed by atoms with E-state index in [1.807, 2.05) is 17.9 Å². The van der Waals surface area contributed by atoms with Crippen LogP contribution in [0.2, 0.25) is 0 Å². The summed E-state index contributed by atoms with van der Waals surface area (Å²) in [6, 6.07) is 1.69. The number of likely N-dealkylation sites (tertiary alicyclic amines) is 1. The van der Waals surface area contributed by atoms with Crippen molar-refractivity contribution < 1.29 is 4.79 Å². The van der Waals surface area contributed by atoms with Crippen molar-refractivity contribution >= 4 is 23.6 Å². The fourth-order valence-corrected chi connectivity index (χ4v) is 3.38. The number of H-pyrrole nitrogens is 1. The standard InChI is InChI=1S/C20H22N8O/c1-14-10-17(26-18-12-21-7-8-23-18)27-20(25-14)16-4-2-3-9-28(16)19(29)6-5-15-11-22-13-24-15/h5-8,10-13,16H,2-4,9H2,1H3,(H,22,24)(H,23,25,26,27)/b6-5+/t16-/m0/s1. The van der Waals surface area contributed by atoms with Crippen LogP contribution >= 0.6 is 0 Å². The second kappa shape index (κ2) is 8.59. The van der Waals surface area contributed by atoms with Gasteiger partial charge in [0.15, 0.2) is 5.82 Å². The molecule has 9 heteroatoms. The van der Waals surface area contributed by atoms with Gasteiger partial charge in [-0.15, -0.1) is 0 Å². The quantitative estimate of drug-likeness (QED) is 0.644. The molecular weight excluding hydrogens is 368 g/mol. The number of imidazole rings is 1. The summed E-state index contributed by atoms with van der Waals surface area (Å²) in [5, 5.41) is 3.16. The van der Waals surface area contributed by atoms with Crippen molar-refractivity contribution in [2.24, 2.45) is 0 Å². The van der Waals surface area contributed by atoms with E-state index in [2.05, 4.69) is 35.2 Å². The van der Waals surface area contributed by atoms with E-state index in [0.29, 0.717) is 24.0 Å². The lowest BCUT2D eigenvalue weighted by Gasteiger charge is -2.34. The number of aryl methyl sites for hydroxylation is 1. The van der Waals surface area contributed by atoms with Crippen molar-refractivity contribution in [3.8, 4) is 0 Å². The van der Waals surface area contributed by atoms with Crippen LogP contribution in [0, 0.1) is 6.92 Å². The molecule has 1 aliphatic rings. The van der Waals surface area contributed by atoms with Gasteiger partial charge in [0.1, 0.15) is 11.6 Å². The topological polar surface area (TPSA) is 113 Å². The zero-order chi connectivity index (χ0) is 20.1. The Balaban J connectivity index is 1.57. The fraction of sp³-hybridized carbons (Fsp3) is 0.300. The van der Waals surface area contributed by atoms with Gasteiger partial charge in [-0.25, -0.2) is 19.9 Å². The van der Waals surface area contributed by atoms with Crippen LogP contribution in [0.4, 0.5) is 11.6 Å². The summed E-state index contributed by atoms with van der Waals surface area (Å²) in [5.41, 5.74) is 1.61. The molecule has 2 N–H and O–H groups in total. The number of nitrogens with one attached hydrogen (secondary N) is 2. The number of aromatic nitrogens is 6. The molecule has 0 radical (unpaired) electrons. The summed E-state index contributed by atoms with van der Waals surface area (Å²) < 4.78 is 0. The van der Waals surface area contributed by atoms with Gasteiger partial charge in [0, 0.05) is 36.8 Å². The molecule has 0 spiro atoms. The van der Waals surface area contributed by atoms with Crippen molar-refractivity contribution in [3.63, 3.8) is 0 Å². The van der Waals surface area contributed by atoms with Gasteiger partial charge in [0.05, 0.1) is 30.5 Å². The van der Waals surface area contributed by atoms with Gasteiger partial charge in [-0.05, 0) is 32.3 Å². The fourth-order valence-electron chi connectivity index (χ4n) is 3.38. The van der Waals surface area contributed by atoms with Gasteiger partial charge in [0.2, 0.25) is 5.91 Å². The molecule has 0 aliphatic carbocycles. The van der Waals surface area contributed by atoms with E-state index < -0.39 is 0 Å². The van der Waals surface area contributed by atoms with E-state index >= 15 is 0 Å². The first-order valence-electron chi connectivity index (χ1n) is 9.55. The molecule has 4 heterocycles. The SMILES string of the molecule is Cc1cc(Nc2cnccn2)nc([C@@H]2CCCCN2C(=O)/C=C/c2cnc[nH]2)n1. The largest absolute Gasteiger partial charge is 0.345 e. The summed E-state index contributed by atoms with van der Waals surface area (Å²) in [6.07, 6.45) is 14.3. The van der Waals surface area contributed by atoms with Crippen LogP contribution in [0.3, 0.4) is 0 Å². The van der Waals surface area contributed by atoms with E-state index in [1.165, 1.54) is 0 Å². The van der Waals surface area contributed by atoms with E-state index in [1.54, 1.807) is 43.3 Å². The number of aromatic amines is 1. The van der Waals surface area contributed by atoms with Crippen LogP contribution in [-0.4, -0.2) is 47.3 Å². The Labute approximate surface area is 168 Å². The molecule has 0 unspecified atom stereocenters. The van der Waals surface area contributed by atoms with Crippen LogP contribution in [0.1, 0.15) is 42.5 Å². The van der Waals surface area contributed by atoms with Crippen LogP contribution in [-0.2, 0) is 4.79 Å². The monoisotopic (exact) mass is 390 g/mol. The van der Waals surface area contributed by atoms with Crippen LogP contribution in [0.25, 0.3) is 6.08 Å². The molecular formula is C20H22N8O. The third-order valence-electron chi connectivity index (χ3n) is 4.70. The highest BCUT2D eigenvalue weighted by atomic mass is 16.2. The molecule has 4 rings (SSSR count). The second-order valence-corrected chi connectivity index (χ2v) is 6.85. The summed E-state index contributed by atoms with van der Waals surface area (Å²) in [4.78, 5) is 39.2. The normalized spacial score (nSPS) is 16.9. The Kier molecular flexibility index (Phi) is 5.55. The molecule has 1 amide bonds. The lowest BCUT2D eigenvalue weighted by molar-refractivity contribution is -0.129. The molecule has 0 aromatic carbocycles. The van der Waals surface area contributed by atoms with Crippen LogP contribution in [0.5, 0.6) is 0 Å². The van der Waals surface area contributed by atoms with Crippen molar-refractivity contribution in [1.29, 1.82) is 0 Å². The first kappa shape index (κ1) is 18.7. The van der Waals surface area contributed by atoms with Gasteiger partial charge in [-0.1, -0.05) is 0 Å². The average molecular weight is 390 g/mol. The van der Waals surface area contributed by atoms with E-state index in [4.69, 9.17) is 0 Å². The van der Waals surface area contributed by atoms with Crippen molar-refractivity contribution in [3.05, 3.63) is 60.5 Å². The number of carbonyl (C=O) groups excluding carboxylic acids is 1. The molecule has 1 saturated heterocycles. The molecule has 0 bridgehead atoms. The summed E-state index contributed by atoms with van der Waals surface area (Å²) in [5.74, 6) is 1.83. The number of carbonyl (C=O) groups is 1. The predicted octanol–water partition coefficient (Wildman–Crippen LogP) is 2.81. The first-order chi connectivity index (χ1) is 14.2. The predicted molar refractivity (Wildman–Crippen MR) is 108 cm³/mol. The van der Waals surface area contributed by atoms with Gasteiger partial charge in [0.25, 0.3) is 0 Å². The Bertz CT molecular complexity index is 987. The Hall–Kier alpha value is -3.62. The minimum atomic E-state index is -0.162. The third-order valence-corrected chi connectivity index (χ3v) is 4.70. The van der Waals surface area contributed by atoms with Gasteiger partial charge < -0.3 is 15.2 Å². The molecule has 3 aromatic heterocycles. The Morgan fingerprint density at radius 1 is 1.21 bits per heavy atom. The summed E-state index contributed by atoms with van der Waals surface area (Å²) in [6.45, 7) is 2.60. The van der Waals surface area contributed by atoms with Gasteiger partial charge in [-0.3, -0.25) is 9.78 Å².